The summed E-state index contributed by atoms with van der Waals surface area (Å²) in [6.07, 6.45) is 0. The molecular formula is C11H13N5O2. The van der Waals surface area contributed by atoms with Crippen molar-refractivity contribution in [1.82, 2.24) is 15.6 Å². The Bertz CT molecular complexity index is 637. The number of hydrogen-bond donors (Lipinski definition) is 4. The summed E-state index contributed by atoms with van der Waals surface area (Å²) in [6, 6.07) is 6.44. The van der Waals surface area contributed by atoms with Crippen molar-refractivity contribution in [2.24, 2.45) is 5.84 Å². The Kier molecular flexibility index (Phi) is 3.24. The van der Waals surface area contributed by atoms with E-state index in [9.17, 15) is 9.59 Å². The Balaban J connectivity index is 2.43. The number of anilines is 1. The summed E-state index contributed by atoms with van der Waals surface area (Å²) in [6.45, 7) is 1.64. The lowest BCUT2D eigenvalue weighted by Gasteiger charge is -2.13. The van der Waals surface area contributed by atoms with Crippen molar-refractivity contribution in [3.05, 3.63) is 34.6 Å². The Labute approximate surface area is 102 Å². The van der Waals surface area contributed by atoms with Gasteiger partial charge in [0.25, 0.3) is 11.5 Å². The van der Waals surface area contributed by atoms with Crippen molar-refractivity contribution in [2.75, 3.05) is 5.32 Å². The summed E-state index contributed by atoms with van der Waals surface area (Å²) in [5.74, 6) is 5.11. The molecule has 2 rings (SSSR count). The average molecular weight is 247 g/mol. The topological polar surface area (TPSA) is 113 Å². The van der Waals surface area contributed by atoms with Gasteiger partial charge in [0, 0.05) is 5.39 Å². The predicted molar refractivity (Wildman–Crippen MR) is 67.8 cm³/mol. The summed E-state index contributed by atoms with van der Waals surface area (Å²) in [5, 5.41) is 10.3. The monoisotopic (exact) mass is 247 g/mol. The van der Waals surface area contributed by atoms with Crippen molar-refractivity contribution in [3.63, 3.8) is 0 Å². The SMILES string of the molecule is C[C@H](Nc1n[nH]c(=O)c2ccccc12)C(=O)NN. The number of fused-ring (bicyclic) bond motifs is 1. The number of hydrazine groups is 1. The molecule has 0 radical (unpaired) electrons. The highest BCUT2D eigenvalue weighted by atomic mass is 16.2. The molecule has 0 unspecified atom stereocenters. The third-order valence-corrected chi connectivity index (χ3v) is 2.58. The number of aromatic amines is 1. The van der Waals surface area contributed by atoms with Crippen LogP contribution in [0, 0.1) is 0 Å². The minimum Gasteiger partial charge on any atom is -0.357 e. The number of nitrogens with zero attached hydrogens (tertiary/aromatic N) is 1. The van der Waals surface area contributed by atoms with Crippen LogP contribution in [-0.2, 0) is 4.79 Å². The minimum absolute atomic E-state index is 0.271. The smallest absolute Gasteiger partial charge is 0.272 e. The van der Waals surface area contributed by atoms with E-state index in [1.807, 2.05) is 5.43 Å². The number of carbonyl (C=O) groups excluding carboxylic acids is 1. The van der Waals surface area contributed by atoms with Crippen LogP contribution in [0.2, 0.25) is 0 Å². The van der Waals surface area contributed by atoms with Crippen LogP contribution in [0.3, 0.4) is 0 Å². The third kappa shape index (κ3) is 2.16. The van der Waals surface area contributed by atoms with E-state index in [4.69, 9.17) is 5.84 Å². The van der Waals surface area contributed by atoms with Gasteiger partial charge in [-0.2, -0.15) is 5.10 Å². The first-order valence-electron chi connectivity index (χ1n) is 5.38. The molecule has 0 bridgehead atoms. The van der Waals surface area contributed by atoms with E-state index in [-0.39, 0.29) is 11.5 Å². The van der Waals surface area contributed by atoms with E-state index in [0.29, 0.717) is 16.6 Å². The van der Waals surface area contributed by atoms with E-state index in [0.717, 1.165) is 0 Å². The van der Waals surface area contributed by atoms with Crippen LogP contribution in [0.1, 0.15) is 6.92 Å². The number of aromatic nitrogens is 2. The zero-order valence-electron chi connectivity index (χ0n) is 9.73. The quantitative estimate of drug-likeness (QED) is 0.338. The van der Waals surface area contributed by atoms with Gasteiger partial charge in [0.2, 0.25) is 0 Å². The Morgan fingerprint density at radius 3 is 2.72 bits per heavy atom. The fraction of sp³-hybridized carbons (Fsp3) is 0.182. The maximum Gasteiger partial charge on any atom is 0.272 e. The summed E-state index contributed by atoms with van der Waals surface area (Å²) < 4.78 is 0. The normalized spacial score (nSPS) is 12.1. The van der Waals surface area contributed by atoms with E-state index in [1.54, 1.807) is 31.2 Å². The van der Waals surface area contributed by atoms with Crippen LogP contribution >= 0.6 is 0 Å². The fourth-order valence-corrected chi connectivity index (χ4v) is 1.62. The first-order valence-corrected chi connectivity index (χ1v) is 5.38. The molecule has 7 heteroatoms. The highest BCUT2D eigenvalue weighted by Gasteiger charge is 2.13. The van der Waals surface area contributed by atoms with Crippen LogP contribution < -0.4 is 22.1 Å². The van der Waals surface area contributed by atoms with Gasteiger partial charge in [-0.05, 0) is 13.0 Å². The average Bonchev–Trinajstić information content (AvgIpc) is 2.41. The number of nitrogens with one attached hydrogen (secondary N) is 3. The van der Waals surface area contributed by atoms with E-state index >= 15 is 0 Å². The van der Waals surface area contributed by atoms with Crippen molar-refractivity contribution in [2.45, 2.75) is 13.0 Å². The molecule has 0 aliphatic carbocycles. The van der Waals surface area contributed by atoms with Crippen molar-refractivity contribution in [3.8, 4) is 0 Å². The zero-order valence-corrected chi connectivity index (χ0v) is 9.73. The highest BCUT2D eigenvalue weighted by Crippen LogP contribution is 2.17. The number of nitrogens with two attached hydrogens (primary N) is 1. The lowest BCUT2D eigenvalue weighted by molar-refractivity contribution is -0.121. The maximum absolute atomic E-state index is 11.6. The van der Waals surface area contributed by atoms with Crippen LogP contribution in [0.25, 0.3) is 10.8 Å². The number of hydrogen-bond acceptors (Lipinski definition) is 5. The van der Waals surface area contributed by atoms with Crippen molar-refractivity contribution < 1.29 is 4.79 Å². The van der Waals surface area contributed by atoms with Gasteiger partial charge in [-0.25, -0.2) is 10.9 Å². The zero-order chi connectivity index (χ0) is 13.1. The molecule has 2 aromatic rings. The molecule has 0 aliphatic heterocycles. The molecular weight excluding hydrogens is 234 g/mol. The molecule has 1 heterocycles. The second-order valence-electron chi connectivity index (χ2n) is 3.82. The molecule has 1 aromatic heterocycles. The van der Waals surface area contributed by atoms with Gasteiger partial charge in [0.05, 0.1) is 5.39 Å². The molecule has 0 fully saturated rings. The molecule has 0 aliphatic rings. The van der Waals surface area contributed by atoms with Gasteiger partial charge in [-0.15, -0.1) is 0 Å². The summed E-state index contributed by atoms with van der Waals surface area (Å²) in [7, 11) is 0. The van der Waals surface area contributed by atoms with Crippen LogP contribution in [0.4, 0.5) is 5.82 Å². The molecule has 7 nitrogen and oxygen atoms in total. The highest BCUT2D eigenvalue weighted by molar-refractivity contribution is 5.93. The van der Waals surface area contributed by atoms with E-state index in [1.165, 1.54) is 0 Å². The Morgan fingerprint density at radius 2 is 2.06 bits per heavy atom. The summed E-state index contributed by atoms with van der Waals surface area (Å²) >= 11 is 0. The Hall–Kier alpha value is -2.41. The van der Waals surface area contributed by atoms with Crippen molar-refractivity contribution >= 4 is 22.5 Å². The number of rotatable bonds is 3. The largest absolute Gasteiger partial charge is 0.357 e. The molecule has 0 saturated heterocycles. The van der Waals surface area contributed by atoms with Crippen LogP contribution in [0.15, 0.2) is 29.1 Å². The second kappa shape index (κ2) is 4.84. The maximum atomic E-state index is 11.6. The first kappa shape index (κ1) is 12.1. The Morgan fingerprint density at radius 1 is 1.39 bits per heavy atom. The number of benzene rings is 1. The third-order valence-electron chi connectivity index (χ3n) is 2.58. The predicted octanol–water partition coefficient (Wildman–Crippen LogP) is -0.287. The molecule has 18 heavy (non-hydrogen) atoms. The van der Waals surface area contributed by atoms with Gasteiger partial charge in [-0.1, -0.05) is 18.2 Å². The standard InChI is InChI=1S/C11H13N5O2/c1-6(10(17)14-12)13-9-7-4-2-3-5-8(7)11(18)16-15-9/h2-6H,12H2,1H3,(H,13,15)(H,14,17)(H,16,18)/t6-/m0/s1. The minimum atomic E-state index is -0.559. The van der Waals surface area contributed by atoms with E-state index in [2.05, 4.69) is 15.5 Å². The molecule has 0 saturated carbocycles. The second-order valence-corrected chi connectivity index (χ2v) is 3.82. The van der Waals surface area contributed by atoms with Crippen molar-refractivity contribution in [1.29, 1.82) is 0 Å². The summed E-state index contributed by atoms with van der Waals surface area (Å²) in [4.78, 5) is 22.9. The van der Waals surface area contributed by atoms with Crippen LogP contribution in [-0.4, -0.2) is 22.1 Å². The molecule has 1 amide bonds. The van der Waals surface area contributed by atoms with E-state index < -0.39 is 6.04 Å². The van der Waals surface area contributed by atoms with Gasteiger partial charge in [-0.3, -0.25) is 15.0 Å². The van der Waals surface area contributed by atoms with Gasteiger partial charge >= 0.3 is 0 Å². The lowest BCUT2D eigenvalue weighted by Crippen LogP contribution is -2.41. The van der Waals surface area contributed by atoms with Crippen LogP contribution in [0.5, 0.6) is 0 Å². The summed E-state index contributed by atoms with van der Waals surface area (Å²) in [5.41, 5.74) is 1.77. The molecule has 94 valence electrons. The fourth-order valence-electron chi connectivity index (χ4n) is 1.62. The lowest BCUT2D eigenvalue weighted by atomic mass is 10.2. The number of carbonyl (C=O) groups is 1. The van der Waals surface area contributed by atoms with Gasteiger partial charge < -0.3 is 5.32 Å². The number of H-pyrrole nitrogens is 1. The number of amides is 1. The molecule has 5 N–H and O–H groups in total. The molecule has 1 atom stereocenters. The molecule has 1 aromatic carbocycles. The first-order chi connectivity index (χ1) is 8.63. The van der Waals surface area contributed by atoms with Gasteiger partial charge in [0.15, 0.2) is 5.82 Å². The molecule has 0 spiro atoms. The van der Waals surface area contributed by atoms with Gasteiger partial charge in [0.1, 0.15) is 6.04 Å².